The van der Waals surface area contributed by atoms with Crippen LogP contribution in [0.3, 0.4) is 0 Å². The van der Waals surface area contributed by atoms with Crippen molar-refractivity contribution in [1.29, 1.82) is 0 Å². The predicted molar refractivity (Wildman–Crippen MR) is 54.4 cm³/mol. The molecule has 2 amide bonds. The number of carbonyl (C=O) groups excluding carboxylic acids is 1. The van der Waals surface area contributed by atoms with E-state index in [2.05, 4.69) is 5.32 Å². The highest BCUT2D eigenvalue weighted by Crippen LogP contribution is 2.05. The van der Waals surface area contributed by atoms with Gasteiger partial charge in [0.1, 0.15) is 0 Å². The quantitative estimate of drug-likeness (QED) is 0.708. The summed E-state index contributed by atoms with van der Waals surface area (Å²) in [5.74, 6) is 0. The Morgan fingerprint density at radius 1 is 1.62 bits per heavy atom. The molecule has 1 heterocycles. The lowest BCUT2D eigenvalue weighted by atomic mass is 10.3. The molecule has 1 fully saturated rings. The molecule has 1 aliphatic rings. The van der Waals surface area contributed by atoms with E-state index >= 15 is 0 Å². The summed E-state index contributed by atoms with van der Waals surface area (Å²) >= 11 is 0. The van der Waals surface area contributed by atoms with E-state index in [9.17, 15) is 13.6 Å². The molecule has 1 saturated heterocycles. The average Bonchev–Trinajstić information content (AvgIpc) is 2.69. The van der Waals surface area contributed by atoms with Gasteiger partial charge < -0.3 is 20.7 Å². The maximum atomic E-state index is 12.2. The average molecular weight is 237 g/mol. The highest BCUT2D eigenvalue weighted by molar-refractivity contribution is 5.74. The zero-order valence-corrected chi connectivity index (χ0v) is 8.99. The summed E-state index contributed by atoms with van der Waals surface area (Å²) in [6.45, 7) is 0.745. The van der Waals surface area contributed by atoms with Gasteiger partial charge in [-0.3, -0.25) is 0 Å². The predicted octanol–water partition coefficient (Wildman–Crippen LogP) is 0.0107. The maximum Gasteiger partial charge on any atom is 0.317 e. The number of hydrogen-bond donors (Lipinski definition) is 2. The molecular weight excluding hydrogens is 220 g/mol. The van der Waals surface area contributed by atoms with Crippen LogP contribution in [0.4, 0.5) is 13.6 Å². The van der Waals surface area contributed by atoms with Gasteiger partial charge in [0.15, 0.2) is 0 Å². The number of amides is 2. The fraction of sp³-hybridized carbons (Fsp3) is 0.889. The minimum Gasteiger partial charge on any atom is -0.379 e. The fourth-order valence-corrected chi connectivity index (χ4v) is 1.51. The molecule has 7 heteroatoms. The second-order valence-corrected chi connectivity index (χ2v) is 3.64. The molecule has 5 nitrogen and oxygen atoms in total. The highest BCUT2D eigenvalue weighted by atomic mass is 19.3. The Balaban J connectivity index is 2.39. The highest BCUT2D eigenvalue weighted by Gasteiger charge is 2.22. The zero-order chi connectivity index (χ0) is 12.0. The summed E-state index contributed by atoms with van der Waals surface area (Å²) in [7, 11) is 0. The summed E-state index contributed by atoms with van der Waals surface area (Å²) in [5, 5.41) is 2.64. The Morgan fingerprint density at radius 3 is 2.88 bits per heavy atom. The third-order valence-electron chi connectivity index (χ3n) is 2.30. The first-order valence-electron chi connectivity index (χ1n) is 5.25. The molecule has 16 heavy (non-hydrogen) atoms. The van der Waals surface area contributed by atoms with E-state index in [1.807, 2.05) is 0 Å². The number of nitrogens with zero attached hydrogens (tertiary/aromatic N) is 1. The van der Waals surface area contributed by atoms with Crippen molar-refractivity contribution in [3.63, 3.8) is 0 Å². The smallest absolute Gasteiger partial charge is 0.317 e. The normalized spacial score (nSPS) is 20.1. The molecule has 0 bridgehead atoms. The van der Waals surface area contributed by atoms with Crippen LogP contribution in [0.25, 0.3) is 0 Å². The van der Waals surface area contributed by atoms with Crippen molar-refractivity contribution in [3.05, 3.63) is 0 Å². The van der Waals surface area contributed by atoms with Crippen LogP contribution in [0.2, 0.25) is 0 Å². The Hall–Kier alpha value is -0.950. The van der Waals surface area contributed by atoms with Crippen molar-refractivity contribution in [2.75, 3.05) is 32.8 Å². The van der Waals surface area contributed by atoms with E-state index in [1.54, 1.807) is 0 Å². The summed E-state index contributed by atoms with van der Waals surface area (Å²) in [6.07, 6.45) is -1.83. The molecule has 0 saturated carbocycles. The number of urea groups is 1. The third-order valence-corrected chi connectivity index (χ3v) is 2.30. The minimum absolute atomic E-state index is 0.0783. The minimum atomic E-state index is -2.54. The Kier molecular flexibility index (Phi) is 5.41. The molecular formula is C9H17F2N3O2. The number of rotatable bonds is 5. The lowest BCUT2D eigenvalue weighted by molar-refractivity contribution is 0.0981. The van der Waals surface area contributed by atoms with Crippen LogP contribution < -0.4 is 11.1 Å². The third kappa shape index (κ3) is 4.28. The van der Waals surface area contributed by atoms with Gasteiger partial charge >= 0.3 is 6.03 Å². The number of alkyl halides is 2. The van der Waals surface area contributed by atoms with E-state index in [-0.39, 0.29) is 19.1 Å². The first-order chi connectivity index (χ1) is 7.63. The van der Waals surface area contributed by atoms with Gasteiger partial charge in [-0.05, 0) is 6.42 Å². The molecule has 1 unspecified atom stereocenters. The molecule has 1 aliphatic heterocycles. The van der Waals surface area contributed by atoms with Crippen LogP contribution in [0.15, 0.2) is 0 Å². The van der Waals surface area contributed by atoms with Crippen molar-refractivity contribution in [2.24, 2.45) is 5.73 Å². The van der Waals surface area contributed by atoms with Gasteiger partial charge in [0.25, 0.3) is 6.43 Å². The fourth-order valence-electron chi connectivity index (χ4n) is 1.51. The van der Waals surface area contributed by atoms with E-state index in [0.717, 1.165) is 11.3 Å². The van der Waals surface area contributed by atoms with Gasteiger partial charge in [0, 0.05) is 19.7 Å². The first kappa shape index (κ1) is 13.1. The van der Waals surface area contributed by atoms with Crippen LogP contribution >= 0.6 is 0 Å². The van der Waals surface area contributed by atoms with Crippen molar-refractivity contribution >= 4 is 6.03 Å². The van der Waals surface area contributed by atoms with Gasteiger partial charge in [-0.1, -0.05) is 0 Å². The van der Waals surface area contributed by atoms with E-state index < -0.39 is 19.0 Å². The van der Waals surface area contributed by atoms with Crippen molar-refractivity contribution in [1.82, 2.24) is 10.2 Å². The molecule has 0 aromatic heterocycles. The van der Waals surface area contributed by atoms with E-state index in [1.165, 1.54) is 0 Å². The first-order valence-corrected chi connectivity index (χ1v) is 5.25. The molecule has 0 aromatic rings. The van der Waals surface area contributed by atoms with Crippen molar-refractivity contribution in [2.45, 2.75) is 18.9 Å². The van der Waals surface area contributed by atoms with Crippen molar-refractivity contribution < 1.29 is 18.3 Å². The van der Waals surface area contributed by atoms with Gasteiger partial charge in [-0.2, -0.15) is 0 Å². The van der Waals surface area contributed by atoms with Gasteiger partial charge in [0.2, 0.25) is 0 Å². The van der Waals surface area contributed by atoms with Gasteiger partial charge in [-0.25, -0.2) is 13.6 Å². The van der Waals surface area contributed by atoms with E-state index in [0.29, 0.717) is 13.2 Å². The SMILES string of the molecule is NCCN(CC(F)F)C(=O)NC1CCOC1. The number of nitrogens with two attached hydrogens (primary N) is 1. The molecule has 94 valence electrons. The summed E-state index contributed by atoms with van der Waals surface area (Å²) in [5.41, 5.74) is 5.26. The van der Waals surface area contributed by atoms with Crippen LogP contribution in [0, 0.1) is 0 Å². The lowest BCUT2D eigenvalue weighted by Gasteiger charge is -2.23. The molecule has 0 radical (unpaired) electrons. The van der Waals surface area contributed by atoms with Crippen LogP contribution in [-0.4, -0.2) is 56.2 Å². The zero-order valence-electron chi connectivity index (χ0n) is 8.99. The molecule has 0 aromatic carbocycles. The maximum absolute atomic E-state index is 12.2. The van der Waals surface area contributed by atoms with Gasteiger partial charge in [0.05, 0.1) is 19.2 Å². The number of hydrogen-bond acceptors (Lipinski definition) is 3. The van der Waals surface area contributed by atoms with Crippen molar-refractivity contribution in [3.8, 4) is 0 Å². The molecule has 1 rings (SSSR count). The Bertz CT molecular complexity index is 223. The lowest BCUT2D eigenvalue weighted by Crippen LogP contribution is -2.48. The van der Waals surface area contributed by atoms with E-state index in [4.69, 9.17) is 10.5 Å². The number of carbonyl (C=O) groups is 1. The van der Waals surface area contributed by atoms with Crippen LogP contribution in [0.5, 0.6) is 0 Å². The summed E-state index contributed by atoms with van der Waals surface area (Å²) in [4.78, 5) is 12.6. The standard InChI is InChI=1S/C9H17F2N3O2/c10-8(11)5-14(3-2-12)9(15)13-7-1-4-16-6-7/h7-8H,1-6,12H2,(H,13,15). The monoisotopic (exact) mass is 237 g/mol. The number of nitrogens with one attached hydrogen (secondary N) is 1. The van der Waals surface area contributed by atoms with Gasteiger partial charge in [-0.15, -0.1) is 0 Å². The number of ether oxygens (including phenoxy) is 1. The Labute approximate surface area is 92.9 Å². The Morgan fingerprint density at radius 2 is 2.38 bits per heavy atom. The summed E-state index contributed by atoms with van der Waals surface area (Å²) in [6, 6.07) is -0.577. The molecule has 0 aliphatic carbocycles. The largest absolute Gasteiger partial charge is 0.379 e. The molecule has 3 N–H and O–H groups in total. The van der Waals surface area contributed by atoms with Crippen LogP contribution in [-0.2, 0) is 4.74 Å². The molecule has 1 atom stereocenters. The number of halogens is 2. The van der Waals surface area contributed by atoms with Crippen LogP contribution in [0.1, 0.15) is 6.42 Å². The second kappa shape index (κ2) is 6.59. The topological polar surface area (TPSA) is 67.6 Å². The summed E-state index contributed by atoms with van der Waals surface area (Å²) < 4.78 is 29.5. The molecule has 0 spiro atoms. The second-order valence-electron chi connectivity index (χ2n) is 3.64.